The van der Waals surface area contributed by atoms with Gasteiger partial charge in [-0.15, -0.1) is 29.1 Å². The third-order valence-electron chi connectivity index (χ3n) is 3.00. The van der Waals surface area contributed by atoms with Gasteiger partial charge in [0.25, 0.3) is 5.91 Å². The molecule has 0 bridgehead atoms. The maximum atomic E-state index is 12.0. The first-order chi connectivity index (χ1) is 10.8. The first-order valence-electron chi connectivity index (χ1n) is 6.44. The summed E-state index contributed by atoms with van der Waals surface area (Å²) < 4.78 is 0. The number of nitrogens with one attached hydrogen (secondary N) is 1. The zero-order valence-corrected chi connectivity index (χ0v) is 13.1. The number of benzene rings is 1. The van der Waals surface area contributed by atoms with Crippen LogP contribution in [0.25, 0.3) is 11.3 Å². The molecule has 2 heterocycles. The molecular weight excluding hydrogens is 314 g/mol. The van der Waals surface area contributed by atoms with Crippen LogP contribution < -0.4 is 5.32 Å². The molecule has 2 aromatic heterocycles. The van der Waals surface area contributed by atoms with E-state index in [1.807, 2.05) is 35.2 Å². The van der Waals surface area contributed by atoms with Crippen molar-refractivity contribution in [1.29, 1.82) is 0 Å². The number of thiazole rings is 2. The molecule has 3 aromatic rings. The number of carbonyl (C=O) groups excluding carboxylic acids is 1. The second-order valence-electron chi connectivity index (χ2n) is 4.44. The van der Waals surface area contributed by atoms with Crippen molar-refractivity contribution in [1.82, 2.24) is 15.3 Å². The Hall–Kier alpha value is -2.49. The van der Waals surface area contributed by atoms with E-state index < -0.39 is 0 Å². The zero-order chi connectivity index (χ0) is 15.4. The summed E-state index contributed by atoms with van der Waals surface area (Å²) in [4.78, 5) is 20.3. The predicted molar refractivity (Wildman–Crippen MR) is 88.8 cm³/mol. The quantitative estimate of drug-likeness (QED) is 0.750. The number of rotatable bonds is 4. The highest BCUT2D eigenvalue weighted by molar-refractivity contribution is 7.10. The molecule has 1 N–H and O–H groups in total. The molecule has 1 amide bonds. The van der Waals surface area contributed by atoms with E-state index in [2.05, 4.69) is 21.2 Å². The van der Waals surface area contributed by atoms with E-state index in [9.17, 15) is 4.79 Å². The minimum atomic E-state index is -0.221. The minimum absolute atomic E-state index is 0.221. The van der Waals surface area contributed by atoms with Crippen molar-refractivity contribution in [2.45, 2.75) is 6.54 Å². The molecule has 6 heteroatoms. The van der Waals surface area contributed by atoms with Crippen LogP contribution in [0.1, 0.15) is 21.1 Å². The van der Waals surface area contributed by atoms with E-state index in [1.165, 1.54) is 11.3 Å². The number of hydrogen-bond donors (Lipinski definition) is 1. The summed E-state index contributed by atoms with van der Waals surface area (Å²) in [7, 11) is 0. The fraction of sp³-hybridized carbons (Fsp3) is 0.0625. The Morgan fingerprint density at radius 3 is 2.73 bits per heavy atom. The van der Waals surface area contributed by atoms with E-state index in [4.69, 9.17) is 6.42 Å². The molecule has 22 heavy (non-hydrogen) atoms. The molecule has 0 radical (unpaired) electrons. The summed E-state index contributed by atoms with van der Waals surface area (Å²) in [6.07, 6.45) is 5.24. The average molecular weight is 325 g/mol. The lowest BCUT2D eigenvalue weighted by atomic mass is 10.1. The van der Waals surface area contributed by atoms with Crippen LogP contribution in [0.4, 0.5) is 0 Å². The van der Waals surface area contributed by atoms with Crippen molar-refractivity contribution in [2.24, 2.45) is 0 Å². The molecule has 0 unspecified atom stereocenters. The van der Waals surface area contributed by atoms with Gasteiger partial charge in [0, 0.05) is 22.9 Å². The lowest BCUT2D eigenvalue weighted by molar-refractivity contribution is 0.0946. The van der Waals surface area contributed by atoms with E-state index in [0.717, 1.165) is 16.8 Å². The van der Waals surface area contributed by atoms with Crippen molar-refractivity contribution in [2.75, 3.05) is 0 Å². The van der Waals surface area contributed by atoms with Gasteiger partial charge in [0.1, 0.15) is 5.69 Å². The van der Waals surface area contributed by atoms with Crippen LogP contribution in [0, 0.1) is 12.3 Å². The Labute approximate surface area is 135 Å². The number of terminal acetylenes is 1. The van der Waals surface area contributed by atoms with Crippen LogP contribution in [0.3, 0.4) is 0 Å². The van der Waals surface area contributed by atoms with E-state index >= 15 is 0 Å². The van der Waals surface area contributed by atoms with Gasteiger partial charge < -0.3 is 5.32 Å². The Balaban J connectivity index is 1.62. The Morgan fingerprint density at radius 2 is 2.09 bits per heavy atom. The SMILES string of the molecule is C#Cc1nc(C(=O)NCc2ccc(-c3cscn3)cc2)cs1. The van der Waals surface area contributed by atoms with Gasteiger partial charge >= 0.3 is 0 Å². The van der Waals surface area contributed by atoms with Crippen LogP contribution in [-0.4, -0.2) is 15.9 Å². The smallest absolute Gasteiger partial charge is 0.271 e. The Morgan fingerprint density at radius 1 is 1.27 bits per heavy atom. The van der Waals surface area contributed by atoms with Gasteiger partial charge in [-0.25, -0.2) is 9.97 Å². The zero-order valence-electron chi connectivity index (χ0n) is 11.4. The van der Waals surface area contributed by atoms with Gasteiger partial charge in [-0.1, -0.05) is 24.3 Å². The van der Waals surface area contributed by atoms with Crippen molar-refractivity contribution in [3.05, 3.63) is 56.8 Å². The van der Waals surface area contributed by atoms with Gasteiger partial charge in [-0.2, -0.15) is 0 Å². The Bertz CT molecular complexity index is 814. The number of amides is 1. The molecule has 0 saturated heterocycles. The van der Waals surface area contributed by atoms with Gasteiger partial charge in [-0.05, 0) is 11.5 Å². The molecule has 0 aliphatic carbocycles. The Kier molecular flexibility index (Phi) is 4.28. The molecule has 0 spiro atoms. The van der Waals surface area contributed by atoms with E-state index in [1.54, 1.807) is 16.7 Å². The number of carbonyl (C=O) groups is 1. The van der Waals surface area contributed by atoms with E-state index in [-0.39, 0.29) is 5.91 Å². The fourth-order valence-corrected chi connectivity index (χ4v) is 3.03. The summed E-state index contributed by atoms with van der Waals surface area (Å²) >= 11 is 2.85. The monoisotopic (exact) mass is 325 g/mol. The number of aromatic nitrogens is 2. The summed E-state index contributed by atoms with van der Waals surface area (Å²) in [6.45, 7) is 0.444. The van der Waals surface area contributed by atoms with Crippen molar-refractivity contribution in [3.63, 3.8) is 0 Å². The number of hydrogen-bond acceptors (Lipinski definition) is 5. The molecular formula is C16H11N3OS2. The molecule has 0 saturated carbocycles. The van der Waals surface area contributed by atoms with Crippen LogP contribution >= 0.6 is 22.7 Å². The van der Waals surface area contributed by atoms with Gasteiger partial charge in [0.05, 0.1) is 11.2 Å². The predicted octanol–water partition coefficient (Wildman–Crippen LogP) is 3.18. The van der Waals surface area contributed by atoms with Gasteiger partial charge in [0.2, 0.25) is 0 Å². The van der Waals surface area contributed by atoms with Crippen molar-refractivity contribution < 1.29 is 4.79 Å². The second kappa shape index (κ2) is 6.52. The third-order valence-corrected chi connectivity index (χ3v) is 4.36. The van der Waals surface area contributed by atoms with Crippen LogP contribution in [0.15, 0.2) is 40.5 Å². The first kappa shape index (κ1) is 14.4. The van der Waals surface area contributed by atoms with Crippen LogP contribution in [0.5, 0.6) is 0 Å². The third kappa shape index (κ3) is 3.22. The molecule has 4 nitrogen and oxygen atoms in total. The molecule has 108 valence electrons. The average Bonchev–Trinajstić information content (AvgIpc) is 3.24. The topological polar surface area (TPSA) is 54.9 Å². The lowest BCUT2D eigenvalue weighted by Gasteiger charge is -2.04. The maximum Gasteiger partial charge on any atom is 0.271 e. The summed E-state index contributed by atoms with van der Waals surface area (Å²) in [5, 5.41) is 7.01. The van der Waals surface area contributed by atoms with Crippen molar-refractivity contribution >= 4 is 28.6 Å². The standard InChI is InChI=1S/C16H11N3OS2/c1-2-15-19-14(9-22-15)16(20)17-7-11-3-5-12(6-4-11)13-8-21-10-18-13/h1,3-6,8-10H,7H2,(H,17,20). The lowest BCUT2D eigenvalue weighted by Crippen LogP contribution is -2.23. The van der Waals surface area contributed by atoms with Crippen molar-refractivity contribution in [3.8, 4) is 23.6 Å². The fourth-order valence-electron chi connectivity index (χ4n) is 1.87. The molecule has 0 aliphatic heterocycles. The molecule has 0 atom stereocenters. The normalized spacial score (nSPS) is 10.1. The highest BCUT2D eigenvalue weighted by atomic mass is 32.1. The summed E-state index contributed by atoms with van der Waals surface area (Å²) in [5.74, 6) is 2.20. The number of nitrogens with zero attached hydrogens (tertiary/aromatic N) is 2. The molecule has 1 aromatic carbocycles. The van der Waals surface area contributed by atoms with Gasteiger partial charge in [0.15, 0.2) is 5.01 Å². The van der Waals surface area contributed by atoms with E-state index in [0.29, 0.717) is 17.2 Å². The molecule has 3 rings (SSSR count). The second-order valence-corrected chi connectivity index (χ2v) is 6.01. The van der Waals surface area contributed by atoms with Crippen LogP contribution in [-0.2, 0) is 6.54 Å². The molecule has 0 fully saturated rings. The highest BCUT2D eigenvalue weighted by Crippen LogP contribution is 2.19. The first-order valence-corrected chi connectivity index (χ1v) is 8.26. The maximum absolute atomic E-state index is 12.0. The van der Waals surface area contributed by atoms with Gasteiger partial charge in [-0.3, -0.25) is 4.79 Å². The summed E-state index contributed by atoms with van der Waals surface area (Å²) in [5.41, 5.74) is 5.21. The highest BCUT2D eigenvalue weighted by Gasteiger charge is 2.09. The summed E-state index contributed by atoms with van der Waals surface area (Å²) in [6, 6.07) is 7.94. The minimum Gasteiger partial charge on any atom is -0.347 e. The molecule has 0 aliphatic rings. The van der Waals surface area contributed by atoms with Crippen LogP contribution in [0.2, 0.25) is 0 Å². The largest absolute Gasteiger partial charge is 0.347 e.